The first-order valence-electron chi connectivity index (χ1n) is 31.4. The molecule has 0 bridgehead atoms. The van der Waals surface area contributed by atoms with Crippen LogP contribution >= 0.6 is 22.7 Å². The summed E-state index contributed by atoms with van der Waals surface area (Å²) in [5, 5.41) is 8.12. The zero-order chi connectivity index (χ0) is 62.1. The Morgan fingerprint density at radius 3 is 1.44 bits per heavy atom. The number of pyridine rings is 2. The van der Waals surface area contributed by atoms with Crippen molar-refractivity contribution in [1.29, 1.82) is 0 Å². The number of fused-ring (bicyclic) bond motifs is 8. The molecule has 0 saturated heterocycles. The van der Waals surface area contributed by atoms with Crippen molar-refractivity contribution in [1.82, 2.24) is 29.9 Å². The van der Waals surface area contributed by atoms with E-state index in [2.05, 4.69) is 285 Å². The number of thiophene rings is 2. The molecule has 6 heterocycles. The number of rotatable bonds is 11. The molecule has 0 radical (unpaired) electrons. The smallest absolute Gasteiger partial charge is 0.161 e. The molecule has 18 aromatic rings. The maximum Gasteiger partial charge on any atom is 0.161 e. The Kier molecular flexibility index (Phi) is 13.5. The fourth-order valence-electron chi connectivity index (χ4n) is 13.3. The summed E-state index contributed by atoms with van der Waals surface area (Å²) in [4.78, 5) is 33.0. The summed E-state index contributed by atoms with van der Waals surface area (Å²) in [6.07, 6.45) is 3.90. The summed E-state index contributed by atoms with van der Waals surface area (Å²) in [6.45, 7) is 0. The Hall–Kier alpha value is -11.9. The van der Waals surface area contributed by atoms with E-state index in [4.69, 9.17) is 29.9 Å². The number of benzene rings is 12. The lowest BCUT2D eigenvalue weighted by Crippen LogP contribution is -1.98. The first-order valence-corrected chi connectivity index (χ1v) is 33.1. The highest BCUT2D eigenvalue weighted by atomic mass is 32.1. The quantitative estimate of drug-likeness (QED) is 0.128. The van der Waals surface area contributed by atoms with Gasteiger partial charge in [0.15, 0.2) is 11.6 Å². The molecule has 94 heavy (non-hydrogen) atoms. The molecule has 0 aliphatic heterocycles. The van der Waals surface area contributed by atoms with Crippen molar-refractivity contribution < 1.29 is 0 Å². The van der Waals surface area contributed by atoms with E-state index in [9.17, 15) is 0 Å². The predicted molar refractivity (Wildman–Crippen MR) is 394 cm³/mol. The zero-order valence-corrected chi connectivity index (χ0v) is 52.2. The fraction of sp³-hybridized carbons (Fsp3) is 0. The average Bonchev–Trinajstić information content (AvgIpc) is 1.67. The molecule has 0 fully saturated rings. The van der Waals surface area contributed by atoms with Crippen LogP contribution < -0.4 is 0 Å². The first kappa shape index (κ1) is 54.9. The van der Waals surface area contributed by atoms with Gasteiger partial charge in [0.2, 0.25) is 0 Å². The topological polar surface area (TPSA) is 77.3 Å². The van der Waals surface area contributed by atoms with Crippen LogP contribution in [-0.2, 0) is 0 Å². The first-order chi connectivity index (χ1) is 46.5. The van der Waals surface area contributed by atoms with Crippen molar-refractivity contribution in [2.45, 2.75) is 0 Å². The summed E-state index contributed by atoms with van der Waals surface area (Å²) in [5.74, 6) is 1.28. The second-order valence-electron chi connectivity index (χ2n) is 23.8. The summed E-state index contributed by atoms with van der Waals surface area (Å²) in [5.41, 5.74) is 20.9. The van der Waals surface area contributed by atoms with E-state index in [0.717, 1.165) is 143 Å². The Labute approximate surface area is 550 Å². The second kappa shape index (κ2) is 23.1. The van der Waals surface area contributed by atoms with Gasteiger partial charge in [-0.25, -0.2) is 24.9 Å². The largest absolute Gasteiger partial charge is 0.255 e. The summed E-state index contributed by atoms with van der Waals surface area (Å²) in [6, 6.07) is 108. The van der Waals surface area contributed by atoms with Gasteiger partial charge in [-0.15, -0.1) is 22.7 Å². The van der Waals surface area contributed by atoms with Crippen molar-refractivity contribution in [3.05, 3.63) is 316 Å². The molecule has 0 unspecified atom stereocenters. The lowest BCUT2D eigenvalue weighted by atomic mass is 9.91. The molecular formula is C86H52N6S2. The van der Waals surface area contributed by atoms with Gasteiger partial charge in [0.05, 0.1) is 33.0 Å². The Morgan fingerprint density at radius 2 is 0.713 bits per heavy atom. The van der Waals surface area contributed by atoms with Gasteiger partial charge in [-0.3, -0.25) is 4.98 Å². The molecule has 6 aromatic heterocycles. The van der Waals surface area contributed by atoms with Crippen molar-refractivity contribution in [2.75, 3.05) is 0 Å². The normalized spacial score (nSPS) is 11.6. The van der Waals surface area contributed by atoms with Gasteiger partial charge < -0.3 is 0 Å². The van der Waals surface area contributed by atoms with Crippen molar-refractivity contribution in [3.63, 3.8) is 0 Å². The van der Waals surface area contributed by atoms with Crippen LogP contribution in [0.5, 0.6) is 0 Å². The molecule has 0 aliphatic carbocycles. The van der Waals surface area contributed by atoms with Crippen LogP contribution in [0.4, 0.5) is 0 Å². The molecular weight excluding hydrogens is 1180 g/mol. The molecule has 6 nitrogen and oxygen atoms in total. The minimum atomic E-state index is 0.638. The van der Waals surface area contributed by atoms with E-state index in [0.29, 0.717) is 11.6 Å². The third-order valence-corrected chi connectivity index (χ3v) is 20.3. The van der Waals surface area contributed by atoms with Crippen LogP contribution in [0.1, 0.15) is 0 Å². The third kappa shape index (κ3) is 10.1. The minimum Gasteiger partial charge on any atom is -0.255 e. The highest BCUT2D eigenvalue weighted by Crippen LogP contribution is 2.45. The van der Waals surface area contributed by atoms with E-state index in [-0.39, 0.29) is 0 Å². The van der Waals surface area contributed by atoms with E-state index >= 15 is 0 Å². The average molecular weight is 1230 g/mol. The summed E-state index contributed by atoms with van der Waals surface area (Å²) in [7, 11) is 0. The molecule has 0 amide bonds. The van der Waals surface area contributed by atoms with Gasteiger partial charge in [0.25, 0.3) is 0 Å². The fourth-order valence-corrected chi connectivity index (χ4v) is 15.4. The summed E-state index contributed by atoms with van der Waals surface area (Å²) >= 11 is 3.49. The van der Waals surface area contributed by atoms with Crippen LogP contribution in [0.25, 0.3) is 186 Å². The van der Waals surface area contributed by atoms with Gasteiger partial charge in [0.1, 0.15) is 4.83 Å². The number of hydrogen-bond acceptors (Lipinski definition) is 8. The molecule has 18 rings (SSSR count). The predicted octanol–water partition coefficient (Wildman–Crippen LogP) is 23.4. The van der Waals surface area contributed by atoms with Gasteiger partial charge in [-0.1, -0.05) is 224 Å². The van der Waals surface area contributed by atoms with Crippen LogP contribution in [-0.4, -0.2) is 29.9 Å². The second-order valence-corrected chi connectivity index (χ2v) is 25.9. The molecule has 0 aliphatic rings. The Bertz CT molecular complexity index is 5940. The van der Waals surface area contributed by atoms with Gasteiger partial charge in [-0.2, -0.15) is 0 Å². The maximum atomic E-state index is 5.61. The van der Waals surface area contributed by atoms with Crippen LogP contribution in [0, 0.1) is 0 Å². The van der Waals surface area contributed by atoms with E-state index in [1.165, 1.54) is 30.9 Å². The van der Waals surface area contributed by atoms with E-state index in [1.54, 1.807) is 22.7 Å². The van der Waals surface area contributed by atoms with Gasteiger partial charge in [-0.05, 0) is 150 Å². The minimum absolute atomic E-state index is 0.638. The van der Waals surface area contributed by atoms with Crippen molar-refractivity contribution in [2.24, 2.45) is 0 Å². The van der Waals surface area contributed by atoms with Crippen LogP contribution in [0.3, 0.4) is 0 Å². The monoisotopic (exact) mass is 1230 g/mol. The van der Waals surface area contributed by atoms with Gasteiger partial charge in [0, 0.05) is 76.9 Å². The standard InChI is InChI=1S/C86H52N6S2/c1-4-19-55(20-5-1)76-50-77(56-21-6-2-7-22-56)90-84(89-76)72-46-61(60-33-32-53-17-10-11-25-58(53)43-60)34-38-70(72)66-49-74-71-45-62(36-40-80(71)94-86(74)88-52-66)59-27-14-28-65(44-59)79-51-78(57-23-8-3-9-24-57)91-85(92-79)73-47-63(68-30-15-26-54-18-12-13-29-67(54)68)35-39-69(73)64-37-41-81-75(48-64)83-82(93-81)31-16-42-87-83/h1-52H. The van der Waals surface area contributed by atoms with Crippen molar-refractivity contribution in [3.8, 4) is 123 Å². The molecule has 8 heteroatoms. The lowest BCUT2D eigenvalue weighted by Gasteiger charge is -2.16. The maximum absolute atomic E-state index is 5.61. The number of hydrogen-bond donors (Lipinski definition) is 0. The Morgan fingerprint density at radius 1 is 0.223 bits per heavy atom. The van der Waals surface area contributed by atoms with Crippen LogP contribution in [0.2, 0.25) is 0 Å². The Balaban J connectivity index is 0.769. The van der Waals surface area contributed by atoms with Gasteiger partial charge >= 0.3 is 0 Å². The molecule has 0 atom stereocenters. The highest BCUT2D eigenvalue weighted by Gasteiger charge is 2.22. The SMILES string of the molecule is c1ccc(-c2cc(-c3ccccc3)nc(-c3cc(-c4ccc5ccccc5c4)ccc3-c3cnc4sc5ccc(-c6cccc(-c7cc(-c8ccccc8)nc(-c8cc(-c9cccc%10ccccc9%10)ccc8-c8ccc9sc%10cccnc%10c9c8)n7)c6)cc5c4c3)n2)cc1. The zero-order valence-electron chi connectivity index (χ0n) is 50.5. The number of nitrogens with zero attached hydrogens (tertiary/aromatic N) is 6. The highest BCUT2D eigenvalue weighted by molar-refractivity contribution is 7.26. The third-order valence-electron chi connectivity index (χ3n) is 18.0. The molecule has 0 saturated carbocycles. The van der Waals surface area contributed by atoms with Crippen molar-refractivity contribution >= 4 is 84.8 Å². The van der Waals surface area contributed by atoms with E-state index in [1.807, 2.05) is 30.6 Å². The molecule has 12 aromatic carbocycles. The molecule has 438 valence electrons. The van der Waals surface area contributed by atoms with E-state index < -0.39 is 0 Å². The molecule has 0 spiro atoms. The lowest BCUT2D eigenvalue weighted by molar-refractivity contribution is 1.18. The summed E-state index contributed by atoms with van der Waals surface area (Å²) < 4.78 is 3.53. The number of aromatic nitrogens is 6. The molecule has 0 N–H and O–H groups in total. The van der Waals surface area contributed by atoms with Crippen LogP contribution in [0.15, 0.2) is 316 Å².